The highest BCUT2D eigenvalue weighted by Crippen LogP contribution is 2.06. The van der Waals surface area contributed by atoms with E-state index in [0.29, 0.717) is 0 Å². The van der Waals surface area contributed by atoms with Crippen LogP contribution in [0.4, 0.5) is 0 Å². The lowest BCUT2D eigenvalue weighted by atomic mass is 10.1. The fourth-order valence-electron chi connectivity index (χ4n) is 1.27. The van der Waals surface area contributed by atoms with Crippen molar-refractivity contribution in [2.75, 3.05) is 13.1 Å². The van der Waals surface area contributed by atoms with Gasteiger partial charge in [-0.05, 0) is 12.8 Å². The van der Waals surface area contributed by atoms with Crippen LogP contribution in [0, 0.1) is 0 Å². The molecule has 0 aliphatic carbocycles. The van der Waals surface area contributed by atoms with Gasteiger partial charge in [0.2, 0.25) is 0 Å². The topological polar surface area (TPSA) is 14.1 Å². The molecule has 1 heteroatoms. The lowest BCUT2D eigenvalue weighted by Crippen LogP contribution is -2.06. The minimum atomic E-state index is 1.12. The second-order valence-electron chi connectivity index (χ2n) is 2.79. The molecule has 0 spiro atoms. The van der Waals surface area contributed by atoms with Crippen LogP contribution < -0.4 is 5.32 Å². The van der Waals surface area contributed by atoms with Crippen molar-refractivity contribution in [3.05, 3.63) is 0 Å². The third-order valence-corrected chi connectivity index (χ3v) is 1.88. The molecule has 1 aliphatic heterocycles. The van der Waals surface area contributed by atoms with Gasteiger partial charge in [0.25, 0.3) is 0 Å². The van der Waals surface area contributed by atoms with Crippen molar-refractivity contribution in [1.82, 2.24) is 5.32 Å². The minimum absolute atomic E-state index is 1.12. The molecule has 0 unspecified atom stereocenters. The molecule has 9 heavy (non-hydrogen) atoms. The van der Waals surface area contributed by atoms with E-state index >= 15 is 0 Å². The van der Waals surface area contributed by atoms with Crippen molar-refractivity contribution in [3.63, 3.8) is 0 Å². The first kappa shape index (κ1) is 7.07. The molecule has 0 aromatic heterocycles. The highest BCUT2D eigenvalue weighted by atomic mass is 14.8. The van der Waals surface area contributed by atoms with Crippen LogP contribution in [0.5, 0.6) is 0 Å². The van der Waals surface area contributed by atoms with Crippen LogP contribution in [-0.2, 0) is 0 Å². The van der Waals surface area contributed by atoms with Gasteiger partial charge in [-0.25, -0.2) is 5.32 Å². The SMILES string of the molecule is C1CCCC[N]CCC1. The molecule has 0 bridgehead atoms. The Bertz CT molecular complexity index is 33.1. The van der Waals surface area contributed by atoms with Gasteiger partial charge in [-0.3, -0.25) is 0 Å². The molecule has 0 saturated carbocycles. The summed E-state index contributed by atoms with van der Waals surface area (Å²) < 4.78 is 0. The molecule has 0 amide bonds. The number of hydrogen-bond donors (Lipinski definition) is 0. The maximum absolute atomic E-state index is 4.39. The molecule has 1 radical (unpaired) electrons. The molecule has 1 rings (SSSR count). The second-order valence-corrected chi connectivity index (χ2v) is 2.79. The summed E-state index contributed by atoms with van der Waals surface area (Å²) in [4.78, 5) is 0. The van der Waals surface area contributed by atoms with Crippen molar-refractivity contribution < 1.29 is 0 Å². The van der Waals surface area contributed by atoms with Gasteiger partial charge >= 0.3 is 0 Å². The smallest absolute Gasteiger partial charge is 0.0133 e. The van der Waals surface area contributed by atoms with Gasteiger partial charge in [0.1, 0.15) is 0 Å². The normalized spacial score (nSPS) is 24.0. The molecule has 0 aromatic carbocycles. The molecule has 1 heterocycles. The van der Waals surface area contributed by atoms with Gasteiger partial charge < -0.3 is 0 Å². The first-order chi connectivity index (χ1) is 4.50. The van der Waals surface area contributed by atoms with Crippen molar-refractivity contribution in [1.29, 1.82) is 0 Å². The third-order valence-electron chi connectivity index (χ3n) is 1.88. The number of rotatable bonds is 0. The second kappa shape index (κ2) is 4.80. The summed E-state index contributed by atoms with van der Waals surface area (Å²) in [6.45, 7) is 2.25. The Balaban J connectivity index is 2.02. The van der Waals surface area contributed by atoms with Gasteiger partial charge in [-0.1, -0.05) is 25.7 Å². The first-order valence-electron chi connectivity index (χ1n) is 4.13. The lowest BCUT2D eigenvalue weighted by Gasteiger charge is -1.95. The van der Waals surface area contributed by atoms with Gasteiger partial charge in [-0.15, -0.1) is 0 Å². The zero-order valence-corrected chi connectivity index (χ0v) is 6.10. The molecular weight excluding hydrogens is 110 g/mol. The molecule has 53 valence electrons. The lowest BCUT2D eigenvalue weighted by molar-refractivity contribution is 0.621. The van der Waals surface area contributed by atoms with Crippen molar-refractivity contribution >= 4 is 0 Å². The van der Waals surface area contributed by atoms with Crippen LogP contribution in [0.25, 0.3) is 0 Å². The van der Waals surface area contributed by atoms with E-state index in [2.05, 4.69) is 5.32 Å². The van der Waals surface area contributed by atoms with Crippen molar-refractivity contribution in [2.24, 2.45) is 0 Å². The largest absolute Gasteiger partial charge is 0.242 e. The van der Waals surface area contributed by atoms with Crippen LogP contribution in [0.3, 0.4) is 0 Å². The predicted molar refractivity (Wildman–Crippen MR) is 39.6 cm³/mol. The van der Waals surface area contributed by atoms with Crippen LogP contribution in [-0.4, -0.2) is 13.1 Å². The quantitative estimate of drug-likeness (QED) is 0.471. The van der Waals surface area contributed by atoms with Crippen LogP contribution in [0.1, 0.15) is 38.5 Å². The van der Waals surface area contributed by atoms with Crippen LogP contribution in [0.15, 0.2) is 0 Å². The number of hydrogen-bond acceptors (Lipinski definition) is 0. The highest BCUT2D eigenvalue weighted by Gasteiger charge is 1.95. The van der Waals surface area contributed by atoms with Crippen LogP contribution in [0.2, 0.25) is 0 Å². The molecule has 1 saturated heterocycles. The van der Waals surface area contributed by atoms with E-state index < -0.39 is 0 Å². The fraction of sp³-hybridized carbons (Fsp3) is 1.00. The van der Waals surface area contributed by atoms with Gasteiger partial charge in [-0.2, -0.15) is 0 Å². The highest BCUT2D eigenvalue weighted by molar-refractivity contribution is 4.53. The van der Waals surface area contributed by atoms with Crippen LogP contribution >= 0.6 is 0 Å². The molecular formula is C8H16N. The standard InChI is InChI=1S/C8H16N/c1-2-4-6-8-9-7-5-3-1/h1-8H2. The Labute approximate surface area is 57.8 Å². The molecule has 0 atom stereocenters. The van der Waals surface area contributed by atoms with Crippen molar-refractivity contribution in [2.45, 2.75) is 38.5 Å². The van der Waals surface area contributed by atoms with E-state index in [1.54, 1.807) is 0 Å². The van der Waals surface area contributed by atoms with E-state index in [4.69, 9.17) is 0 Å². The molecule has 1 aliphatic rings. The van der Waals surface area contributed by atoms with Gasteiger partial charge in [0, 0.05) is 13.1 Å². The summed E-state index contributed by atoms with van der Waals surface area (Å²) in [6.07, 6.45) is 8.36. The fourth-order valence-corrected chi connectivity index (χ4v) is 1.27. The maximum atomic E-state index is 4.39. The monoisotopic (exact) mass is 126 g/mol. The van der Waals surface area contributed by atoms with E-state index in [1.165, 1.54) is 38.5 Å². The predicted octanol–water partition coefficient (Wildman–Crippen LogP) is 1.95. The van der Waals surface area contributed by atoms with E-state index in [0.717, 1.165) is 13.1 Å². The van der Waals surface area contributed by atoms with E-state index in [1.807, 2.05) is 0 Å². The van der Waals surface area contributed by atoms with Gasteiger partial charge in [0.15, 0.2) is 0 Å². The Morgan fingerprint density at radius 1 is 0.556 bits per heavy atom. The summed E-state index contributed by atoms with van der Waals surface area (Å²) in [6, 6.07) is 0. The molecule has 1 nitrogen and oxygen atoms in total. The minimum Gasteiger partial charge on any atom is -0.242 e. The Morgan fingerprint density at radius 2 is 1.00 bits per heavy atom. The van der Waals surface area contributed by atoms with E-state index in [9.17, 15) is 0 Å². The maximum Gasteiger partial charge on any atom is 0.0133 e. The Hall–Kier alpha value is -0.0400. The molecule has 0 aromatic rings. The third kappa shape index (κ3) is 3.52. The molecule has 0 N–H and O–H groups in total. The summed E-state index contributed by atoms with van der Waals surface area (Å²) in [5, 5.41) is 4.39. The summed E-state index contributed by atoms with van der Waals surface area (Å²) in [5.41, 5.74) is 0. The Morgan fingerprint density at radius 3 is 1.56 bits per heavy atom. The summed E-state index contributed by atoms with van der Waals surface area (Å²) in [5.74, 6) is 0. The van der Waals surface area contributed by atoms with Gasteiger partial charge in [0.05, 0.1) is 0 Å². The van der Waals surface area contributed by atoms with E-state index in [-0.39, 0.29) is 0 Å². The first-order valence-corrected chi connectivity index (χ1v) is 4.13. The summed E-state index contributed by atoms with van der Waals surface area (Å²) in [7, 11) is 0. The van der Waals surface area contributed by atoms with Crippen molar-refractivity contribution in [3.8, 4) is 0 Å². The zero-order chi connectivity index (χ0) is 6.36. The summed E-state index contributed by atoms with van der Waals surface area (Å²) >= 11 is 0. The number of nitrogens with zero attached hydrogens (tertiary/aromatic N) is 1. The molecule has 1 fully saturated rings. The zero-order valence-electron chi connectivity index (χ0n) is 6.10. The average Bonchev–Trinajstić information content (AvgIpc) is 2.00. The average molecular weight is 126 g/mol. The Kier molecular flexibility index (Phi) is 3.77.